The highest BCUT2D eigenvalue weighted by Gasteiger charge is 2.10. The molecule has 0 aliphatic rings. The van der Waals surface area contributed by atoms with Crippen molar-refractivity contribution in [1.29, 1.82) is 10.0 Å². The fraction of sp³-hybridized carbons (Fsp3) is 0.263. The molecule has 0 aliphatic carbocycles. The Bertz CT molecular complexity index is 1040. The summed E-state index contributed by atoms with van der Waals surface area (Å²) in [4.78, 5) is 13.2. The SMILES string of the molecule is CC(C)Nc1nc(C#N)cc2cnc(Nc3cc(CS(C)=N)ccn3)cc12. The van der Waals surface area contributed by atoms with E-state index in [0.29, 0.717) is 28.9 Å². The topological polar surface area (TPSA) is 110 Å². The van der Waals surface area contributed by atoms with Crippen LogP contribution in [0.25, 0.3) is 10.8 Å². The molecule has 3 N–H and O–H groups in total. The molecule has 0 bridgehead atoms. The third-order valence-electron chi connectivity index (χ3n) is 3.72. The molecule has 0 amide bonds. The van der Waals surface area contributed by atoms with Crippen molar-refractivity contribution in [3.05, 3.63) is 47.9 Å². The summed E-state index contributed by atoms with van der Waals surface area (Å²) in [5.41, 5.74) is 1.42. The first-order chi connectivity index (χ1) is 12.9. The molecule has 0 radical (unpaired) electrons. The maximum Gasteiger partial charge on any atom is 0.143 e. The second-order valence-corrected chi connectivity index (χ2v) is 8.08. The van der Waals surface area contributed by atoms with Gasteiger partial charge in [-0.1, -0.05) is 0 Å². The minimum atomic E-state index is -0.416. The summed E-state index contributed by atoms with van der Waals surface area (Å²) in [5, 5.41) is 17.4. The number of nitrogens with one attached hydrogen (secondary N) is 3. The summed E-state index contributed by atoms with van der Waals surface area (Å²) in [6.45, 7) is 4.05. The highest BCUT2D eigenvalue weighted by atomic mass is 32.2. The fourth-order valence-corrected chi connectivity index (χ4v) is 3.35. The van der Waals surface area contributed by atoms with Crippen LogP contribution in [0.5, 0.6) is 0 Å². The van der Waals surface area contributed by atoms with Gasteiger partial charge in [0.05, 0.1) is 0 Å². The summed E-state index contributed by atoms with van der Waals surface area (Å²) < 4.78 is 7.75. The smallest absolute Gasteiger partial charge is 0.143 e. The maximum absolute atomic E-state index is 9.20. The van der Waals surface area contributed by atoms with Gasteiger partial charge in [-0.05, 0) is 49.9 Å². The summed E-state index contributed by atoms with van der Waals surface area (Å²) in [5.74, 6) is 2.69. The predicted octanol–water partition coefficient (Wildman–Crippen LogP) is 3.97. The molecule has 3 aromatic heterocycles. The van der Waals surface area contributed by atoms with E-state index in [1.54, 1.807) is 18.5 Å². The van der Waals surface area contributed by atoms with Crippen LogP contribution in [-0.2, 0) is 16.4 Å². The molecule has 3 aromatic rings. The number of nitriles is 1. The summed E-state index contributed by atoms with van der Waals surface area (Å²) in [6.07, 6.45) is 5.35. The van der Waals surface area contributed by atoms with Crippen molar-refractivity contribution in [2.75, 3.05) is 16.9 Å². The van der Waals surface area contributed by atoms with E-state index < -0.39 is 10.7 Å². The molecule has 0 fully saturated rings. The Morgan fingerprint density at radius 1 is 1.22 bits per heavy atom. The van der Waals surface area contributed by atoms with Crippen molar-refractivity contribution in [1.82, 2.24) is 15.0 Å². The molecule has 0 spiro atoms. The van der Waals surface area contributed by atoms with Crippen molar-refractivity contribution in [2.45, 2.75) is 25.6 Å². The Hall–Kier alpha value is -3.05. The van der Waals surface area contributed by atoms with Gasteiger partial charge in [-0.3, -0.25) is 4.78 Å². The largest absolute Gasteiger partial charge is 0.367 e. The minimum absolute atomic E-state index is 0.185. The van der Waals surface area contributed by atoms with Gasteiger partial charge in [-0.15, -0.1) is 10.7 Å². The first-order valence-electron chi connectivity index (χ1n) is 8.48. The molecule has 8 heteroatoms. The summed E-state index contributed by atoms with van der Waals surface area (Å²) >= 11 is 0. The quantitative estimate of drug-likeness (QED) is 0.598. The van der Waals surface area contributed by atoms with E-state index >= 15 is 0 Å². The lowest BCUT2D eigenvalue weighted by molar-refractivity contribution is 0.891. The van der Waals surface area contributed by atoms with Gasteiger partial charge in [0, 0.05) is 35.0 Å². The van der Waals surface area contributed by atoms with Gasteiger partial charge < -0.3 is 10.6 Å². The van der Waals surface area contributed by atoms with Crippen molar-refractivity contribution in [3.63, 3.8) is 0 Å². The standard InChI is InChI=1S/C19H21N7S/c1-12(2)24-19-16-8-18(23-10-14(16)7-15(9-20)25-19)26-17-6-13(4-5-22-17)11-27(3)21/h4-8,10,12,21H,11H2,1-3H3,(H,24,25)(H,22,23,26). The molecule has 138 valence electrons. The molecular formula is C19H21N7S. The summed E-state index contributed by atoms with van der Waals surface area (Å²) in [6, 6.07) is 9.77. The fourth-order valence-electron chi connectivity index (χ4n) is 2.67. The number of anilines is 3. The van der Waals surface area contributed by atoms with E-state index in [0.717, 1.165) is 16.3 Å². The number of hydrogen-bond donors (Lipinski definition) is 3. The molecule has 1 unspecified atom stereocenters. The molecule has 3 heterocycles. The molecule has 0 aromatic carbocycles. The highest BCUT2D eigenvalue weighted by molar-refractivity contribution is 7.84. The zero-order chi connectivity index (χ0) is 19.4. The predicted molar refractivity (Wildman–Crippen MR) is 110 cm³/mol. The van der Waals surface area contributed by atoms with Crippen LogP contribution in [-0.4, -0.2) is 27.2 Å². The van der Waals surface area contributed by atoms with Crippen molar-refractivity contribution in [2.24, 2.45) is 0 Å². The van der Waals surface area contributed by atoms with Gasteiger partial charge in [0.25, 0.3) is 0 Å². The van der Waals surface area contributed by atoms with E-state index in [2.05, 4.69) is 31.7 Å². The number of rotatable bonds is 6. The first kappa shape index (κ1) is 18.7. The van der Waals surface area contributed by atoms with Gasteiger partial charge in [0.15, 0.2) is 0 Å². The minimum Gasteiger partial charge on any atom is -0.367 e. The van der Waals surface area contributed by atoms with Crippen molar-refractivity contribution >= 4 is 38.9 Å². The number of fused-ring (bicyclic) bond motifs is 1. The van der Waals surface area contributed by atoms with Gasteiger partial charge in [-0.25, -0.2) is 15.0 Å². The second kappa shape index (κ2) is 8.10. The third kappa shape index (κ3) is 4.77. The van der Waals surface area contributed by atoms with Crippen molar-refractivity contribution in [3.8, 4) is 6.07 Å². The average Bonchev–Trinajstić information content (AvgIpc) is 2.61. The Morgan fingerprint density at radius 3 is 2.70 bits per heavy atom. The van der Waals surface area contributed by atoms with Crippen LogP contribution in [0.2, 0.25) is 0 Å². The molecule has 7 nitrogen and oxygen atoms in total. The highest BCUT2D eigenvalue weighted by Crippen LogP contribution is 2.26. The molecule has 0 saturated carbocycles. The number of hydrogen-bond acceptors (Lipinski definition) is 7. The average molecular weight is 379 g/mol. The molecule has 3 rings (SSSR count). The third-order valence-corrected chi connectivity index (χ3v) is 4.48. The van der Waals surface area contributed by atoms with Gasteiger partial charge in [0.2, 0.25) is 0 Å². The normalized spacial score (nSPS) is 12.0. The molecule has 1 atom stereocenters. The van der Waals surface area contributed by atoms with Crippen LogP contribution >= 0.6 is 0 Å². The van der Waals surface area contributed by atoms with Gasteiger partial charge in [-0.2, -0.15) is 5.26 Å². The van der Waals surface area contributed by atoms with E-state index in [-0.39, 0.29) is 6.04 Å². The molecule has 0 saturated heterocycles. The summed E-state index contributed by atoms with van der Waals surface area (Å²) in [7, 11) is -0.416. The Kier molecular flexibility index (Phi) is 5.62. The van der Waals surface area contributed by atoms with Crippen LogP contribution < -0.4 is 10.6 Å². The van der Waals surface area contributed by atoms with E-state index in [1.807, 2.05) is 38.3 Å². The van der Waals surface area contributed by atoms with Crippen LogP contribution in [0.4, 0.5) is 17.5 Å². The number of pyridine rings is 3. The molecular weight excluding hydrogens is 358 g/mol. The van der Waals surface area contributed by atoms with Crippen LogP contribution in [0, 0.1) is 16.1 Å². The zero-order valence-electron chi connectivity index (χ0n) is 15.4. The van der Waals surface area contributed by atoms with E-state index in [4.69, 9.17) is 4.78 Å². The Morgan fingerprint density at radius 2 is 2.00 bits per heavy atom. The van der Waals surface area contributed by atoms with E-state index in [1.165, 1.54) is 0 Å². The number of aromatic nitrogens is 3. The Balaban J connectivity index is 1.96. The lowest BCUT2D eigenvalue weighted by atomic mass is 10.1. The van der Waals surface area contributed by atoms with Gasteiger partial charge in [0.1, 0.15) is 29.2 Å². The lowest BCUT2D eigenvalue weighted by Gasteiger charge is -2.13. The first-order valence-corrected chi connectivity index (χ1v) is 10.3. The van der Waals surface area contributed by atoms with E-state index in [9.17, 15) is 5.26 Å². The maximum atomic E-state index is 9.20. The Labute approximate surface area is 160 Å². The molecule has 27 heavy (non-hydrogen) atoms. The van der Waals surface area contributed by atoms with Crippen molar-refractivity contribution < 1.29 is 0 Å². The zero-order valence-corrected chi connectivity index (χ0v) is 16.3. The monoisotopic (exact) mass is 379 g/mol. The van der Waals surface area contributed by atoms with Crippen LogP contribution in [0.1, 0.15) is 25.1 Å². The van der Waals surface area contributed by atoms with Crippen LogP contribution in [0.3, 0.4) is 0 Å². The van der Waals surface area contributed by atoms with Gasteiger partial charge >= 0.3 is 0 Å². The lowest BCUT2D eigenvalue weighted by Crippen LogP contribution is -2.12. The number of nitrogens with zero attached hydrogens (tertiary/aromatic N) is 4. The van der Waals surface area contributed by atoms with Crippen LogP contribution in [0.15, 0.2) is 36.7 Å². The molecule has 0 aliphatic heterocycles. The second-order valence-electron chi connectivity index (χ2n) is 6.51.